The molecule has 1 saturated heterocycles. The number of aliphatic imine (C=N–C) groups is 1. The smallest absolute Gasteiger partial charge is 0.191 e. The molecule has 1 aromatic carbocycles. The summed E-state index contributed by atoms with van der Waals surface area (Å²) >= 11 is 0. The minimum absolute atomic E-state index is 0.270. The third-order valence-electron chi connectivity index (χ3n) is 5.45. The average molecular weight is 399 g/mol. The molecule has 7 nitrogen and oxygen atoms in total. The van der Waals surface area contributed by atoms with Crippen LogP contribution < -0.4 is 10.6 Å². The van der Waals surface area contributed by atoms with Gasteiger partial charge in [-0.3, -0.25) is 9.58 Å². The van der Waals surface area contributed by atoms with Gasteiger partial charge in [-0.25, -0.2) is 4.99 Å². The van der Waals surface area contributed by atoms with E-state index in [1.807, 2.05) is 20.2 Å². The fraction of sp³-hybridized carbons (Fsp3) is 0.545. The monoisotopic (exact) mass is 398 g/mol. The van der Waals surface area contributed by atoms with Crippen molar-refractivity contribution in [3.8, 4) is 0 Å². The molecular weight excluding hydrogens is 364 g/mol. The Labute approximate surface area is 173 Å². The summed E-state index contributed by atoms with van der Waals surface area (Å²) in [7, 11) is 1.84. The summed E-state index contributed by atoms with van der Waals surface area (Å²) in [5, 5.41) is 21.7. The second-order valence-corrected chi connectivity index (χ2v) is 8.00. The fourth-order valence-electron chi connectivity index (χ4n) is 3.73. The van der Waals surface area contributed by atoms with E-state index in [1.54, 1.807) is 17.8 Å². The zero-order valence-electron chi connectivity index (χ0n) is 17.8. The van der Waals surface area contributed by atoms with Crippen LogP contribution in [-0.2, 0) is 19.2 Å². The molecule has 1 aliphatic heterocycles. The first-order valence-electron chi connectivity index (χ1n) is 10.5. The SMILES string of the molecule is CCNC(=NCC(C)(O)c1cnn(C)c1)NCC1CCCN1Cc1ccccc1. The van der Waals surface area contributed by atoms with Gasteiger partial charge in [-0.2, -0.15) is 5.10 Å². The van der Waals surface area contributed by atoms with Crippen molar-refractivity contribution in [1.82, 2.24) is 25.3 Å². The number of aromatic nitrogens is 2. The molecule has 2 unspecified atom stereocenters. The maximum absolute atomic E-state index is 10.8. The molecule has 1 fully saturated rings. The van der Waals surface area contributed by atoms with Gasteiger partial charge in [0.25, 0.3) is 0 Å². The number of guanidine groups is 1. The number of hydrogen-bond donors (Lipinski definition) is 3. The van der Waals surface area contributed by atoms with Gasteiger partial charge in [0.05, 0.1) is 12.7 Å². The molecule has 0 amide bonds. The van der Waals surface area contributed by atoms with Gasteiger partial charge in [-0.1, -0.05) is 30.3 Å². The Balaban J connectivity index is 1.57. The quantitative estimate of drug-likeness (QED) is 0.467. The Morgan fingerprint density at radius 1 is 1.31 bits per heavy atom. The summed E-state index contributed by atoms with van der Waals surface area (Å²) in [5.74, 6) is 0.739. The minimum Gasteiger partial charge on any atom is -0.383 e. The fourth-order valence-corrected chi connectivity index (χ4v) is 3.73. The lowest BCUT2D eigenvalue weighted by atomic mass is 10.0. The molecule has 0 aliphatic carbocycles. The van der Waals surface area contributed by atoms with Crippen molar-refractivity contribution < 1.29 is 5.11 Å². The molecule has 2 heterocycles. The first-order chi connectivity index (χ1) is 14.0. The first kappa shape index (κ1) is 21.3. The second kappa shape index (κ2) is 9.89. The van der Waals surface area contributed by atoms with Gasteiger partial charge in [0, 0.05) is 44.5 Å². The molecule has 2 aromatic rings. The number of nitrogens with zero attached hydrogens (tertiary/aromatic N) is 4. The number of rotatable bonds is 8. The highest BCUT2D eigenvalue weighted by atomic mass is 16.3. The number of hydrogen-bond acceptors (Lipinski definition) is 4. The largest absolute Gasteiger partial charge is 0.383 e. The maximum atomic E-state index is 10.8. The Bertz CT molecular complexity index is 786. The van der Waals surface area contributed by atoms with Gasteiger partial charge in [0.15, 0.2) is 5.96 Å². The lowest BCUT2D eigenvalue weighted by Crippen LogP contribution is -2.45. The van der Waals surface area contributed by atoms with Crippen LogP contribution >= 0.6 is 0 Å². The van der Waals surface area contributed by atoms with E-state index in [-0.39, 0.29) is 6.54 Å². The average Bonchev–Trinajstić information content (AvgIpc) is 3.34. The van der Waals surface area contributed by atoms with Crippen LogP contribution in [0, 0.1) is 0 Å². The maximum Gasteiger partial charge on any atom is 0.191 e. The van der Waals surface area contributed by atoms with Crippen LogP contribution in [0.15, 0.2) is 47.7 Å². The summed E-state index contributed by atoms with van der Waals surface area (Å²) in [6, 6.07) is 11.1. The summed E-state index contributed by atoms with van der Waals surface area (Å²) < 4.78 is 1.69. The van der Waals surface area contributed by atoms with E-state index in [1.165, 1.54) is 18.4 Å². The first-order valence-corrected chi connectivity index (χ1v) is 10.5. The molecule has 2 atom stereocenters. The topological polar surface area (TPSA) is 77.7 Å². The van der Waals surface area contributed by atoms with Crippen LogP contribution in [0.1, 0.15) is 37.8 Å². The molecule has 0 radical (unpaired) electrons. The van der Waals surface area contributed by atoms with E-state index in [2.05, 4.69) is 56.0 Å². The van der Waals surface area contributed by atoms with Gasteiger partial charge in [0.2, 0.25) is 0 Å². The molecule has 29 heavy (non-hydrogen) atoms. The van der Waals surface area contributed by atoms with Gasteiger partial charge < -0.3 is 15.7 Å². The van der Waals surface area contributed by atoms with E-state index >= 15 is 0 Å². The zero-order chi connectivity index (χ0) is 20.7. The van der Waals surface area contributed by atoms with E-state index in [0.717, 1.165) is 37.7 Å². The van der Waals surface area contributed by atoms with Crippen LogP contribution in [0.2, 0.25) is 0 Å². The lowest BCUT2D eigenvalue weighted by Gasteiger charge is -2.26. The summed E-state index contributed by atoms with van der Waals surface area (Å²) in [4.78, 5) is 7.17. The zero-order valence-corrected chi connectivity index (χ0v) is 17.8. The van der Waals surface area contributed by atoms with Crippen LogP contribution in [0.5, 0.6) is 0 Å². The number of benzene rings is 1. The highest BCUT2D eigenvalue weighted by Crippen LogP contribution is 2.21. The van der Waals surface area contributed by atoms with Crippen molar-refractivity contribution in [3.63, 3.8) is 0 Å². The molecule has 0 saturated carbocycles. The van der Waals surface area contributed by atoms with Gasteiger partial charge in [-0.15, -0.1) is 0 Å². The Morgan fingerprint density at radius 2 is 2.10 bits per heavy atom. The number of nitrogens with one attached hydrogen (secondary N) is 2. The predicted octanol–water partition coefficient (Wildman–Crippen LogP) is 1.85. The van der Waals surface area contributed by atoms with Crippen molar-refractivity contribution in [2.24, 2.45) is 12.0 Å². The molecule has 0 spiro atoms. The Hall–Kier alpha value is -2.38. The van der Waals surface area contributed by atoms with Gasteiger partial charge in [-0.05, 0) is 38.8 Å². The Morgan fingerprint density at radius 3 is 2.79 bits per heavy atom. The highest BCUT2D eigenvalue weighted by Gasteiger charge is 2.26. The van der Waals surface area contributed by atoms with E-state index in [4.69, 9.17) is 0 Å². The minimum atomic E-state index is -1.05. The molecule has 158 valence electrons. The normalized spacial score (nSPS) is 19.9. The second-order valence-electron chi connectivity index (χ2n) is 8.00. The number of aryl methyl sites for hydroxylation is 1. The van der Waals surface area contributed by atoms with Crippen LogP contribution in [0.4, 0.5) is 0 Å². The van der Waals surface area contributed by atoms with Crippen LogP contribution in [-0.4, -0.2) is 58.0 Å². The van der Waals surface area contributed by atoms with Gasteiger partial charge >= 0.3 is 0 Å². The van der Waals surface area contributed by atoms with Crippen molar-refractivity contribution in [2.45, 2.75) is 44.9 Å². The highest BCUT2D eigenvalue weighted by molar-refractivity contribution is 5.79. The predicted molar refractivity (Wildman–Crippen MR) is 117 cm³/mol. The molecular formula is C22H34N6O. The van der Waals surface area contributed by atoms with Gasteiger partial charge in [0.1, 0.15) is 5.60 Å². The van der Waals surface area contributed by atoms with Crippen LogP contribution in [0.25, 0.3) is 0 Å². The lowest BCUT2D eigenvalue weighted by molar-refractivity contribution is 0.0671. The summed E-state index contributed by atoms with van der Waals surface area (Å²) in [6.07, 6.45) is 5.93. The molecule has 1 aromatic heterocycles. The molecule has 0 bridgehead atoms. The molecule has 7 heteroatoms. The van der Waals surface area contributed by atoms with Crippen molar-refractivity contribution >= 4 is 5.96 Å². The van der Waals surface area contributed by atoms with E-state index < -0.39 is 5.60 Å². The summed E-state index contributed by atoms with van der Waals surface area (Å²) in [5.41, 5.74) is 1.07. The van der Waals surface area contributed by atoms with E-state index in [9.17, 15) is 5.11 Å². The number of likely N-dealkylation sites (tertiary alicyclic amines) is 1. The van der Waals surface area contributed by atoms with Crippen molar-refractivity contribution in [2.75, 3.05) is 26.2 Å². The standard InChI is InChI=1S/C22H34N6O/c1-4-23-21(25-17-22(2,29)19-13-26-27(3)16-19)24-14-20-11-8-12-28(20)15-18-9-6-5-7-10-18/h5-7,9-10,13,16,20,29H,4,8,11-12,14-15,17H2,1-3H3,(H2,23,24,25). The molecule has 1 aliphatic rings. The Kier molecular flexibility index (Phi) is 7.28. The number of aliphatic hydroxyl groups is 1. The third-order valence-corrected chi connectivity index (χ3v) is 5.45. The summed E-state index contributed by atoms with van der Waals surface area (Å²) in [6.45, 7) is 7.82. The molecule has 3 rings (SSSR count). The third kappa shape index (κ3) is 6.05. The van der Waals surface area contributed by atoms with Crippen molar-refractivity contribution in [1.29, 1.82) is 0 Å². The molecule has 3 N–H and O–H groups in total. The van der Waals surface area contributed by atoms with Crippen LogP contribution in [0.3, 0.4) is 0 Å². The van der Waals surface area contributed by atoms with E-state index in [0.29, 0.717) is 6.04 Å². The van der Waals surface area contributed by atoms with Crippen molar-refractivity contribution in [3.05, 3.63) is 53.9 Å².